The highest BCUT2D eigenvalue weighted by molar-refractivity contribution is 7.86. The second kappa shape index (κ2) is 6.01. The monoisotopic (exact) mass is 352 g/mol. The number of hydrogen-bond acceptors (Lipinski definition) is 6. The maximum atomic E-state index is 13.9. The van der Waals surface area contributed by atoms with E-state index in [4.69, 9.17) is 4.74 Å². The van der Waals surface area contributed by atoms with Crippen molar-refractivity contribution in [2.75, 3.05) is 6.26 Å². The lowest BCUT2D eigenvalue weighted by molar-refractivity contribution is -0.385. The summed E-state index contributed by atoms with van der Waals surface area (Å²) >= 11 is 1.25. The van der Waals surface area contributed by atoms with E-state index >= 15 is 0 Å². The van der Waals surface area contributed by atoms with Gasteiger partial charge in [0.25, 0.3) is 5.69 Å². The molecule has 0 amide bonds. The summed E-state index contributed by atoms with van der Waals surface area (Å²) in [4.78, 5) is 14.1. The number of nitro groups is 1. The zero-order valence-corrected chi connectivity index (χ0v) is 13.3. The molecule has 6 nitrogen and oxygen atoms in total. The number of aromatic nitrogens is 1. The predicted octanol–water partition coefficient (Wildman–Crippen LogP) is 3.87. The third-order valence-electron chi connectivity index (χ3n) is 2.98. The molecule has 0 aliphatic carbocycles. The molecular formula is C14H9FN2O4S2. The summed E-state index contributed by atoms with van der Waals surface area (Å²) in [5.74, 6) is -0.611. The molecule has 1 unspecified atom stereocenters. The van der Waals surface area contributed by atoms with E-state index in [9.17, 15) is 18.7 Å². The Labute approximate surface area is 136 Å². The Morgan fingerprint density at radius 2 is 2.09 bits per heavy atom. The summed E-state index contributed by atoms with van der Waals surface area (Å²) in [6, 6.07) is 6.41. The minimum atomic E-state index is -1.16. The molecule has 23 heavy (non-hydrogen) atoms. The van der Waals surface area contributed by atoms with Crippen molar-refractivity contribution >= 4 is 38.0 Å². The second-order valence-electron chi connectivity index (χ2n) is 4.52. The largest absolute Gasteiger partial charge is 0.453 e. The van der Waals surface area contributed by atoms with E-state index in [-0.39, 0.29) is 11.4 Å². The van der Waals surface area contributed by atoms with Gasteiger partial charge in [-0.3, -0.25) is 19.3 Å². The van der Waals surface area contributed by atoms with Gasteiger partial charge < -0.3 is 4.74 Å². The van der Waals surface area contributed by atoms with Crippen LogP contribution in [0.25, 0.3) is 10.2 Å². The molecular weight excluding hydrogens is 343 g/mol. The Morgan fingerprint density at radius 3 is 2.74 bits per heavy atom. The number of benzene rings is 1. The molecule has 2 aromatic heterocycles. The van der Waals surface area contributed by atoms with E-state index in [1.54, 1.807) is 18.4 Å². The van der Waals surface area contributed by atoms with Crippen molar-refractivity contribution < 1.29 is 18.3 Å². The summed E-state index contributed by atoms with van der Waals surface area (Å²) in [6.45, 7) is 0. The van der Waals surface area contributed by atoms with Crippen molar-refractivity contribution in [3.63, 3.8) is 0 Å². The van der Waals surface area contributed by atoms with E-state index in [0.717, 1.165) is 12.1 Å². The lowest BCUT2D eigenvalue weighted by Gasteiger charge is -2.07. The van der Waals surface area contributed by atoms with Crippen LogP contribution in [-0.2, 0) is 10.8 Å². The van der Waals surface area contributed by atoms with Gasteiger partial charge in [-0.2, -0.15) is 0 Å². The topological polar surface area (TPSA) is 82.3 Å². The summed E-state index contributed by atoms with van der Waals surface area (Å²) < 4.78 is 32.3. The van der Waals surface area contributed by atoms with Gasteiger partial charge in [0.15, 0.2) is 11.6 Å². The number of fused-ring (bicyclic) bond motifs is 1. The van der Waals surface area contributed by atoms with Crippen LogP contribution in [0.1, 0.15) is 0 Å². The molecule has 2 heterocycles. The van der Waals surface area contributed by atoms with Crippen molar-refractivity contribution in [2.45, 2.75) is 4.21 Å². The molecule has 1 atom stereocenters. The lowest BCUT2D eigenvalue weighted by atomic mass is 10.3. The van der Waals surface area contributed by atoms with Gasteiger partial charge in [-0.25, -0.2) is 4.39 Å². The molecule has 0 aliphatic heterocycles. The normalized spacial score (nSPS) is 12.3. The van der Waals surface area contributed by atoms with Crippen molar-refractivity contribution in [1.82, 2.24) is 4.98 Å². The molecule has 9 heteroatoms. The van der Waals surface area contributed by atoms with Gasteiger partial charge in [-0.05, 0) is 12.1 Å². The third-order valence-corrected chi connectivity index (χ3v) is 5.55. The van der Waals surface area contributed by atoms with E-state index in [1.807, 2.05) is 0 Å². The molecule has 0 bridgehead atoms. The molecule has 0 saturated carbocycles. The van der Waals surface area contributed by atoms with E-state index in [2.05, 4.69) is 4.98 Å². The highest BCUT2D eigenvalue weighted by Crippen LogP contribution is 2.37. The fraction of sp³-hybridized carbons (Fsp3) is 0.0714. The minimum absolute atomic E-state index is 0.129. The number of thiophene rings is 1. The quantitative estimate of drug-likeness (QED) is 0.526. The van der Waals surface area contributed by atoms with Crippen molar-refractivity contribution in [2.24, 2.45) is 0 Å². The Morgan fingerprint density at radius 1 is 1.30 bits per heavy atom. The average Bonchev–Trinajstić information content (AvgIpc) is 2.94. The van der Waals surface area contributed by atoms with E-state index in [1.165, 1.54) is 23.6 Å². The number of ether oxygens (including phenoxy) is 1. The second-order valence-corrected chi connectivity index (χ2v) is 7.18. The molecule has 0 spiro atoms. The van der Waals surface area contributed by atoms with Crippen LogP contribution in [0.2, 0.25) is 0 Å². The molecule has 0 fully saturated rings. The highest BCUT2D eigenvalue weighted by atomic mass is 32.2. The fourth-order valence-electron chi connectivity index (χ4n) is 1.92. The van der Waals surface area contributed by atoms with Crippen molar-refractivity contribution in [3.05, 3.63) is 52.5 Å². The van der Waals surface area contributed by atoms with Crippen LogP contribution in [0.5, 0.6) is 11.5 Å². The Kier molecular flexibility index (Phi) is 4.05. The standard InChI is InChI=1S/C14H9FN2O4S2/c1-23(20)13-7-10-14(22-13)12(4-5-16-10)21-11-3-2-8(17(18)19)6-9(11)15/h2-7H,1H3. The first-order valence-electron chi connectivity index (χ1n) is 6.29. The first-order chi connectivity index (χ1) is 11.0. The molecule has 0 radical (unpaired) electrons. The van der Waals surface area contributed by atoms with Crippen LogP contribution in [0.3, 0.4) is 0 Å². The summed E-state index contributed by atoms with van der Waals surface area (Å²) in [5, 5.41) is 10.6. The number of nitro benzene ring substituents is 1. The van der Waals surface area contributed by atoms with Crippen LogP contribution < -0.4 is 4.74 Å². The third kappa shape index (κ3) is 3.06. The van der Waals surface area contributed by atoms with Gasteiger partial charge in [0.2, 0.25) is 0 Å². The predicted molar refractivity (Wildman–Crippen MR) is 85.1 cm³/mol. The van der Waals surface area contributed by atoms with Gasteiger partial charge in [0, 0.05) is 24.6 Å². The van der Waals surface area contributed by atoms with E-state index in [0.29, 0.717) is 20.2 Å². The van der Waals surface area contributed by atoms with Crippen LogP contribution in [0, 0.1) is 15.9 Å². The summed E-state index contributed by atoms with van der Waals surface area (Å²) in [5.41, 5.74) is 0.245. The van der Waals surface area contributed by atoms with E-state index < -0.39 is 21.5 Å². The number of pyridine rings is 1. The first-order valence-corrected chi connectivity index (χ1v) is 8.67. The highest BCUT2D eigenvalue weighted by Gasteiger charge is 2.15. The number of halogens is 1. The minimum Gasteiger partial charge on any atom is -0.453 e. The number of nitrogens with zero attached hydrogens (tertiary/aromatic N) is 2. The molecule has 1 aromatic carbocycles. The summed E-state index contributed by atoms with van der Waals surface area (Å²) in [7, 11) is -1.16. The van der Waals surface area contributed by atoms with Gasteiger partial charge in [-0.15, -0.1) is 11.3 Å². The van der Waals surface area contributed by atoms with Gasteiger partial charge >= 0.3 is 0 Å². The first kappa shape index (κ1) is 15.5. The molecule has 118 valence electrons. The van der Waals surface area contributed by atoms with Crippen molar-refractivity contribution in [3.8, 4) is 11.5 Å². The summed E-state index contributed by atoms with van der Waals surface area (Å²) in [6.07, 6.45) is 3.05. The Hall–Kier alpha value is -2.39. The fourth-order valence-corrected chi connectivity index (χ4v) is 3.71. The Balaban J connectivity index is 2.01. The number of rotatable bonds is 4. The molecule has 0 aliphatic rings. The maximum Gasteiger partial charge on any atom is 0.272 e. The SMILES string of the molecule is CS(=O)c1cc2nccc(Oc3ccc([N+](=O)[O-])cc3F)c2s1. The van der Waals surface area contributed by atoms with Crippen LogP contribution in [0.4, 0.5) is 10.1 Å². The zero-order chi connectivity index (χ0) is 16.6. The maximum absolute atomic E-state index is 13.9. The van der Waals surface area contributed by atoms with Crippen molar-refractivity contribution in [1.29, 1.82) is 0 Å². The lowest BCUT2D eigenvalue weighted by Crippen LogP contribution is -1.92. The zero-order valence-electron chi connectivity index (χ0n) is 11.7. The number of hydrogen-bond donors (Lipinski definition) is 0. The molecule has 3 rings (SSSR count). The van der Waals surface area contributed by atoms with Crippen LogP contribution in [0.15, 0.2) is 40.7 Å². The number of non-ortho nitro benzene ring substituents is 1. The molecule has 0 N–H and O–H groups in total. The molecule has 3 aromatic rings. The van der Waals surface area contributed by atoms with Gasteiger partial charge in [0.1, 0.15) is 5.75 Å². The van der Waals surface area contributed by atoms with Crippen LogP contribution in [-0.4, -0.2) is 20.4 Å². The Bertz CT molecular complexity index is 942. The van der Waals surface area contributed by atoms with Gasteiger partial charge in [0.05, 0.1) is 36.2 Å². The van der Waals surface area contributed by atoms with Crippen LogP contribution >= 0.6 is 11.3 Å². The smallest absolute Gasteiger partial charge is 0.272 e. The average molecular weight is 352 g/mol. The molecule has 0 saturated heterocycles. The van der Waals surface area contributed by atoms with Gasteiger partial charge in [-0.1, -0.05) is 0 Å².